The van der Waals surface area contributed by atoms with Crippen LogP contribution in [0.25, 0.3) is 0 Å². The van der Waals surface area contributed by atoms with Crippen molar-refractivity contribution in [3.63, 3.8) is 0 Å². The maximum atomic E-state index is 12.6. The number of nitrogens with one attached hydrogen (secondary N) is 1. The Balaban J connectivity index is 1.53. The van der Waals surface area contributed by atoms with Crippen molar-refractivity contribution in [2.24, 2.45) is 0 Å². The van der Waals surface area contributed by atoms with Gasteiger partial charge in [-0.3, -0.25) is 4.79 Å². The van der Waals surface area contributed by atoms with Crippen LogP contribution in [0.3, 0.4) is 0 Å². The number of ether oxygens (including phenoxy) is 2. The van der Waals surface area contributed by atoms with E-state index in [4.69, 9.17) is 9.47 Å². The Labute approximate surface area is 173 Å². The van der Waals surface area contributed by atoms with Gasteiger partial charge in [-0.25, -0.2) is 0 Å². The van der Waals surface area contributed by atoms with Gasteiger partial charge in [0.25, 0.3) is 5.91 Å². The summed E-state index contributed by atoms with van der Waals surface area (Å²) in [6.45, 7) is 6.68. The van der Waals surface area contributed by atoms with Crippen LogP contribution in [0.15, 0.2) is 48.5 Å². The number of carbonyl (C=O) groups excluding carboxylic acids is 1. The summed E-state index contributed by atoms with van der Waals surface area (Å²) < 4.78 is 11.2. The maximum absolute atomic E-state index is 12.6. The van der Waals surface area contributed by atoms with Crippen molar-refractivity contribution in [1.29, 1.82) is 0 Å². The summed E-state index contributed by atoms with van der Waals surface area (Å²) >= 11 is 0. The lowest BCUT2D eigenvalue weighted by Crippen LogP contribution is -2.44. The summed E-state index contributed by atoms with van der Waals surface area (Å²) in [4.78, 5) is 17.4. The summed E-state index contributed by atoms with van der Waals surface area (Å²) in [5, 5.41) is 2.99. The molecule has 1 heterocycles. The fourth-order valence-electron chi connectivity index (χ4n) is 3.38. The van der Waals surface area contributed by atoms with Crippen molar-refractivity contribution in [3.05, 3.63) is 54.1 Å². The third kappa shape index (κ3) is 5.64. The van der Waals surface area contributed by atoms with Gasteiger partial charge in [-0.15, -0.1) is 0 Å². The summed E-state index contributed by atoms with van der Waals surface area (Å²) in [6.07, 6.45) is 0.0163. The molecule has 0 aromatic heterocycles. The Morgan fingerprint density at radius 2 is 1.69 bits per heavy atom. The zero-order valence-corrected chi connectivity index (χ0v) is 17.6. The summed E-state index contributed by atoms with van der Waals surface area (Å²) in [7, 11) is 3.75. The highest BCUT2D eigenvalue weighted by Crippen LogP contribution is 2.27. The van der Waals surface area contributed by atoms with Gasteiger partial charge in [-0.05, 0) is 43.3 Å². The molecule has 1 atom stereocenters. The van der Waals surface area contributed by atoms with Crippen LogP contribution in [0.2, 0.25) is 0 Å². The molecule has 2 aromatic carbocycles. The number of methoxy groups -OCH3 is 1. The standard InChI is InChI=1S/C23H31N3O3/c1-4-20(29-22-8-6-5-7-21(22)28-3)23(27)24-17-18-9-11-19(12-10-18)26-15-13-25(2)14-16-26/h5-12,20H,4,13-17H2,1-3H3,(H,24,27). The Kier molecular flexibility index (Phi) is 7.36. The van der Waals surface area contributed by atoms with E-state index < -0.39 is 6.10 Å². The number of benzene rings is 2. The van der Waals surface area contributed by atoms with Gasteiger partial charge in [-0.2, -0.15) is 0 Å². The van der Waals surface area contributed by atoms with E-state index in [1.54, 1.807) is 7.11 Å². The van der Waals surface area contributed by atoms with Crippen molar-refractivity contribution < 1.29 is 14.3 Å². The SMILES string of the molecule is CCC(Oc1ccccc1OC)C(=O)NCc1ccc(N2CCN(C)CC2)cc1. The largest absolute Gasteiger partial charge is 0.493 e. The number of rotatable bonds is 8. The molecule has 2 aromatic rings. The molecule has 1 unspecified atom stereocenters. The molecular weight excluding hydrogens is 366 g/mol. The average Bonchev–Trinajstić information content (AvgIpc) is 2.77. The van der Waals surface area contributed by atoms with Crippen molar-refractivity contribution in [3.8, 4) is 11.5 Å². The van der Waals surface area contributed by atoms with Gasteiger partial charge in [0.15, 0.2) is 17.6 Å². The smallest absolute Gasteiger partial charge is 0.261 e. The highest BCUT2D eigenvalue weighted by atomic mass is 16.5. The van der Waals surface area contributed by atoms with Crippen LogP contribution in [0, 0.1) is 0 Å². The van der Waals surface area contributed by atoms with Crippen LogP contribution >= 0.6 is 0 Å². The van der Waals surface area contributed by atoms with E-state index in [0.29, 0.717) is 24.5 Å². The molecule has 6 nitrogen and oxygen atoms in total. The molecule has 0 saturated carbocycles. The fraction of sp³-hybridized carbons (Fsp3) is 0.435. The predicted molar refractivity (Wildman–Crippen MR) is 116 cm³/mol. The molecule has 0 aliphatic carbocycles. The van der Waals surface area contributed by atoms with E-state index >= 15 is 0 Å². The van der Waals surface area contributed by atoms with Gasteiger partial charge in [0, 0.05) is 38.4 Å². The zero-order valence-electron chi connectivity index (χ0n) is 17.6. The second-order valence-electron chi connectivity index (χ2n) is 7.34. The molecule has 1 saturated heterocycles. The van der Waals surface area contributed by atoms with Gasteiger partial charge in [0.05, 0.1) is 7.11 Å². The lowest BCUT2D eigenvalue weighted by atomic mass is 10.1. The number of para-hydroxylation sites is 2. The third-order valence-electron chi connectivity index (χ3n) is 5.27. The van der Waals surface area contributed by atoms with Crippen LogP contribution in [0.5, 0.6) is 11.5 Å². The monoisotopic (exact) mass is 397 g/mol. The van der Waals surface area contributed by atoms with E-state index in [1.165, 1.54) is 5.69 Å². The summed E-state index contributed by atoms with van der Waals surface area (Å²) in [5.74, 6) is 1.08. The predicted octanol–water partition coefficient (Wildman–Crippen LogP) is 2.92. The molecule has 1 amide bonds. The molecule has 6 heteroatoms. The minimum absolute atomic E-state index is 0.124. The third-order valence-corrected chi connectivity index (χ3v) is 5.27. The van der Waals surface area contributed by atoms with Crippen molar-refractivity contribution in [1.82, 2.24) is 10.2 Å². The van der Waals surface area contributed by atoms with Crippen LogP contribution in [-0.2, 0) is 11.3 Å². The quantitative estimate of drug-likeness (QED) is 0.742. The number of likely N-dealkylation sites (N-methyl/N-ethyl adjacent to an activating group) is 1. The van der Waals surface area contributed by atoms with Crippen molar-refractivity contribution in [2.75, 3.05) is 45.2 Å². The van der Waals surface area contributed by atoms with Crippen LogP contribution in [-0.4, -0.2) is 57.2 Å². The second kappa shape index (κ2) is 10.2. The number of carbonyl (C=O) groups is 1. The second-order valence-corrected chi connectivity index (χ2v) is 7.34. The van der Waals surface area contributed by atoms with Crippen molar-refractivity contribution >= 4 is 11.6 Å². The lowest BCUT2D eigenvalue weighted by molar-refractivity contribution is -0.128. The first kappa shape index (κ1) is 21.0. The first-order chi connectivity index (χ1) is 14.1. The molecule has 0 bridgehead atoms. The fourth-order valence-corrected chi connectivity index (χ4v) is 3.38. The van der Waals surface area contributed by atoms with Gasteiger partial charge in [0.1, 0.15) is 0 Å². The lowest BCUT2D eigenvalue weighted by Gasteiger charge is -2.34. The highest BCUT2D eigenvalue weighted by molar-refractivity contribution is 5.81. The van der Waals surface area contributed by atoms with Gasteiger partial charge in [0.2, 0.25) is 0 Å². The van der Waals surface area contributed by atoms with E-state index in [2.05, 4.69) is 46.4 Å². The van der Waals surface area contributed by atoms with E-state index in [9.17, 15) is 4.79 Å². The van der Waals surface area contributed by atoms with E-state index in [-0.39, 0.29) is 5.91 Å². The molecule has 29 heavy (non-hydrogen) atoms. The molecule has 3 rings (SSSR count). The minimum atomic E-state index is -0.559. The average molecular weight is 398 g/mol. The Hall–Kier alpha value is -2.73. The van der Waals surface area contributed by atoms with Crippen molar-refractivity contribution in [2.45, 2.75) is 26.0 Å². The number of amides is 1. The highest BCUT2D eigenvalue weighted by Gasteiger charge is 2.20. The molecular formula is C23H31N3O3. The van der Waals surface area contributed by atoms with E-state index in [1.807, 2.05) is 31.2 Å². The molecule has 1 fully saturated rings. The van der Waals surface area contributed by atoms with Gasteiger partial charge >= 0.3 is 0 Å². The number of anilines is 1. The summed E-state index contributed by atoms with van der Waals surface area (Å²) in [6, 6.07) is 15.8. The first-order valence-electron chi connectivity index (χ1n) is 10.2. The molecule has 1 N–H and O–H groups in total. The summed E-state index contributed by atoms with van der Waals surface area (Å²) in [5.41, 5.74) is 2.31. The first-order valence-corrected chi connectivity index (χ1v) is 10.2. The van der Waals surface area contributed by atoms with Crippen LogP contribution in [0.1, 0.15) is 18.9 Å². The molecule has 1 aliphatic heterocycles. The molecule has 1 aliphatic rings. The van der Waals surface area contributed by atoms with Gasteiger partial charge < -0.3 is 24.6 Å². The number of hydrogen-bond acceptors (Lipinski definition) is 5. The topological polar surface area (TPSA) is 54.0 Å². The van der Waals surface area contributed by atoms with Crippen LogP contribution in [0.4, 0.5) is 5.69 Å². The number of hydrogen-bond donors (Lipinski definition) is 1. The zero-order chi connectivity index (χ0) is 20.6. The van der Waals surface area contributed by atoms with E-state index in [0.717, 1.165) is 31.7 Å². The van der Waals surface area contributed by atoms with Crippen LogP contribution < -0.4 is 19.7 Å². The normalized spacial score (nSPS) is 15.6. The number of nitrogens with zero attached hydrogens (tertiary/aromatic N) is 2. The number of piperazine rings is 1. The Morgan fingerprint density at radius 3 is 2.31 bits per heavy atom. The van der Waals surface area contributed by atoms with Gasteiger partial charge in [-0.1, -0.05) is 31.2 Å². The minimum Gasteiger partial charge on any atom is -0.493 e. The Bertz CT molecular complexity index is 786. The Morgan fingerprint density at radius 1 is 1.03 bits per heavy atom. The molecule has 0 spiro atoms. The molecule has 156 valence electrons. The maximum Gasteiger partial charge on any atom is 0.261 e. The molecule has 0 radical (unpaired) electrons.